The summed E-state index contributed by atoms with van der Waals surface area (Å²) in [6.07, 6.45) is 1.91. The second kappa shape index (κ2) is 4.77. The van der Waals surface area contributed by atoms with E-state index in [0.717, 1.165) is 16.8 Å². The van der Waals surface area contributed by atoms with Crippen molar-refractivity contribution in [3.05, 3.63) is 35.0 Å². The van der Waals surface area contributed by atoms with Crippen LogP contribution in [-0.2, 0) is 13.6 Å². The molecule has 0 amide bonds. The molecule has 0 aliphatic carbocycles. The van der Waals surface area contributed by atoms with Crippen LogP contribution in [0.25, 0.3) is 11.3 Å². The van der Waals surface area contributed by atoms with Crippen molar-refractivity contribution >= 4 is 11.6 Å². The van der Waals surface area contributed by atoms with E-state index >= 15 is 0 Å². The summed E-state index contributed by atoms with van der Waals surface area (Å²) in [5.41, 5.74) is 8.48. The van der Waals surface area contributed by atoms with Gasteiger partial charge < -0.3 is 10.5 Å². The summed E-state index contributed by atoms with van der Waals surface area (Å²) < 4.78 is 6.86. The molecule has 0 atom stereocenters. The molecule has 90 valence electrons. The molecular formula is C12H14ClN3O. The van der Waals surface area contributed by atoms with Gasteiger partial charge in [-0.1, -0.05) is 11.6 Å². The SMILES string of the molecule is COc1ccc(-c2nn(C)cc2CN)cc1Cl. The molecule has 2 aromatic rings. The van der Waals surface area contributed by atoms with E-state index in [2.05, 4.69) is 5.10 Å². The minimum atomic E-state index is 0.451. The van der Waals surface area contributed by atoms with Crippen LogP contribution in [0.2, 0.25) is 5.02 Å². The summed E-state index contributed by atoms with van der Waals surface area (Å²) in [5, 5.41) is 4.95. The van der Waals surface area contributed by atoms with Crippen LogP contribution in [0.1, 0.15) is 5.56 Å². The van der Waals surface area contributed by atoms with Crippen molar-refractivity contribution in [2.24, 2.45) is 12.8 Å². The van der Waals surface area contributed by atoms with Gasteiger partial charge in [0.15, 0.2) is 0 Å². The van der Waals surface area contributed by atoms with E-state index in [0.29, 0.717) is 17.3 Å². The minimum Gasteiger partial charge on any atom is -0.495 e. The maximum atomic E-state index is 6.09. The highest BCUT2D eigenvalue weighted by atomic mass is 35.5. The highest BCUT2D eigenvalue weighted by Gasteiger charge is 2.10. The highest BCUT2D eigenvalue weighted by Crippen LogP contribution is 2.30. The first kappa shape index (κ1) is 12.0. The average molecular weight is 252 g/mol. The summed E-state index contributed by atoms with van der Waals surface area (Å²) in [6.45, 7) is 0.451. The molecule has 0 radical (unpaired) electrons. The summed E-state index contributed by atoms with van der Waals surface area (Å²) in [7, 11) is 3.46. The van der Waals surface area contributed by atoms with E-state index in [1.165, 1.54) is 0 Å². The molecule has 17 heavy (non-hydrogen) atoms. The predicted octanol–water partition coefficient (Wildman–Crippen LogP) is 2.21. The normalized spacial score (nSPS) is 10.6. The molecule has 0 aliphatic rings. The topological polar surface area (TPSA) is 53.1 Å². The number of halogens is 1. The van der Waals surface area contributed by atoms with Gasteiger partial charge in [0.25, 0.3) is 0 Å². The van der Waals surface area contributed by atoms with Gasteiger partial charge in [0.1, 0.15) is 5.75 Å². The van der Waals surface area contributed by atoms with Gasteiger partial charge in [-0.05, 0) is 18.2 Å². The lowest BCUT2D eigenvalue weighted by Gasteiger charge is -2.05. The van der Waals surface area contributed by atoms with Gasteiger partial charge in [0.2, 0.25) is 0 Å². The first-order chi connectivity index (χ1) is 8.15. The van der Waals surface area contributed by atoms with Crippen molar-refractivity contribution < 1.29 is 4.74 Å². The first-order valence-corrected chi connectivity index (χ1v) is 5.60. The van der Waals surface area contributed by atoms with Crippen molar-refractivity contribution in [1.29, 1.82) is 0 Å². The van der Waals surface area contributed by atoms with Crippen LogP contribution in [0.4, 0.5) is 0 Å². The molecule has 0 spiro atoms. The van der Waals surface area contributed by atoms with Gasteiger partial charge in [-0.3, -0.25) is 4.68 Å². The molecule has 1 aromatic carbocycles. The maximum Gasteiger partial charge on any atom is 0.137 e. The molecule has 1 heterocycles. The zero-order valence-electron chi connectivity index (χ0n) is 9.77. The molecule has 1 aromatic heterocycles. The van der Waals surface area contributed by atoms with Crippen LogP contribution in [0.3, 0.4) is 0 Å². The third-order valence-electron chi connectivity index (χ3n) is 2.55. The summed E-state index contributed by atoms with van der Waals surface area (Å²) in [4.78, 5) is 0. The standard InChI is InChI=1S/C12H14ClN3O/c1-16-7-9(6-14)12(15-16)8-3-4-11(17-2)10(13)5-8/h3-5,7H,6,14H2,1-2H3. The Kier molecular flexibility index (Phi) is 3.36. The molecule has 0 aliphatic heterocycles. The molecular weight excluding hydrogens is 238 g/mol. The number of nitrogens with two attached hydrogens (primary N) is 1. The van der Waals surface area contributed by atoms with Crippen molar-refractivity contribution in [1.82, 2.24) is 9.78 Å². The largest absolute Gasteiger partial charge is 0.495 e. The van der Waals surface area contributed by atoms with Crippen LogP contribution < -0.4 is 10.5 Å². The summed E-state index contributed by atoms with van der Waals surface area (Å²) in [5.74, 6) is 0.653. The lowest BCUT2D eigenvalue weighted by Crippen LogP contribution is -1.96. The summed E-state index contributed by atoms with van der Waals surface area (Å²) in [6, 6.07) is 5.58. The number of hydrogen-bond donors (Lipinski definition) is 1. The molecule has 0 fully saturated rings. The van der Waals surface area contributed by atoms with E-state index in [9.17, 15) is 0 Å². The Bertz CT molecular complexity index is 537. The van der Waals surface area contributed by atoms with Crippen molar-refractivity contribution in [3.8, 4) is 17.0 Å². The fourth-order valence-electron chi connectivity index (χ4n) is 1.74. The van der Waals surface area contributed by atoms with Gasteiger partial charge in [0, 0.05) is 30.9 Å². The number of rotatable bonds is 3. The monoisotopic (exact) mass is 251 g/mol. The maximum absolute atomic E-state index is 6.09. The number of aromatic nitrogens is 2. The second-order valence-electron chi connectivity index (χ2n) is 3.73. The lowest BCUT2D eigenvalue weighted by atomic mass is 10.1. The molecule has 2 N–H and O–H groups in total. The number of methoxy groups -OCH3 is 1. The zero-order valence-corrected chi connectivity index (χ0v) is 10.5. The Morgan fingerprint density at radius 2 is 2.24 bits per heavy atom. The lowest BCUT2D eigenvalue weighted by molar-refractivity contribution is 0.415. The molecule has 4 nitrogen and oxygen atoms in total. The zero-order chi connectivity index (χ0) is 12.4. The van der Waals surface area contributed by atoms with Gasteiger partial charge in [-0.25, -0.2) is 0 Å². The third-order valence-corrected chi connectivity index (χ3v) is 2.85. The number of ether oxygens (including phenoxy) is 1. The van der Waals surface area contributed by atoms with Crippen LogP contribution in [-0.4, -0.2) is 16.9 Å². The van der Waals surface area contributed by atoms with Crippen LogP contribution in [0.5, 0.6) is 5.75 Å². The molecule has 2 rings (SSSR count). The van der Waals surface area contributed by atoms with Crippen LogP contribution in [0.15, 0.2) is 24.4 Å². The fourth-order valence-corrected chi connectivity index (χ4v) is 2.00. The average Bonchev–Trinajstić information content (AvgIpc) is 2.70. The highest BCUT2D eigenvalue weighted by molar-refractivity contribution is 6.32. The molecule has 0 saturated heterocycles. The minimum absolute atomic E-state index is 0.451. The van der Waals surface area contributed by atoms with Crippen molar-refractivity contribution in [2.75, 3.05) is 7.11 Å². The van der Waals surface area contributed by atoms with Gasteiger partial charge in [-0.2, -0.15) is 5.10 Å². The second-order valence-corrected chi connectivity index (χ2v) is 4.14. The Hall–Kier alpha value is -1.52. The molecule has 5 heteroatoms. The van der Waals surface area contributed by atoms with E-state index in [1.807, 2.05) is 31.4 Å². The van der Waals surface area contributed by atoms with Crippen molar-refractivity contribution in [3.63, 3.8) is 0 Å². The van der Waals surface area contributed by atoms with E-state index in [-0.39, 0.29) is 0 Å². The molecule has 0 saturated carbocycles. The van der Waals surface area contributed by atoms with Crippen LogP contribution in [0, 0.1) is 0 Å². The van der Waals surface area contributed by atoms with Gasteiger partial charge in [0.05, 0.1) is 17.8 Å². The smallest absolute Gasteiger partial charge is 0.137 e. The number of benzene rings is 1. The first-order valence-electron chi connectivity index (χ1n) is 5.22. The molecule has 0 unspecified atom stereocenters. The Labute approximate surface area is 105 Å². The van der Waals surface area contributed by atoms with E-state index < -0.39 is 0 Å². The van der Waals surface area contributed by atoms with Crippen LogP contribution >= 0.6 is 11.6 Å². The quantitative estimate of drug-likeness (QED) is 0.910. The van der Waals surface area contributed by atoms with E-state index in [4.69, 9.17) is 22.1 Å². The predicted molar refractivity (Wildman–Crippen MR) is 68.1 cm³/mol. The number of aryl methyl sites for hydroxylation is 1. The number of nitrogens with zero attached hydrogens (tertiary/aromatic N) is 2. The molecule has 0 bridgehead atoms. The van der Waals surface area contributed by atoms with Crippen molar-refractivity contribution in [2.45, 2.75) is 6.54 Å². The van der Waals surface area contributed by atoms with E-state index in [1.54, 1.807) is 11.8 Å². The Morgan fingerprint density at radius 1 is 1.47 bits per heavy atom. The third kappa shape index (κ3) is 2.28. The fraction of sp³-hybridized carbons (Fsp3) is 0.250. The Morgan fingerprint density at radius 3 is 2.82 bits per heavy atom. The van der Waals surface area contributed by atoms with Gasteiger partial charge in [-0.15, -0.1) is 0 Å². The number of hydrogen-bond acceptors (Lipinski definition) is 3. The Balaban J connectivity index is 2.49. The van der Waals surface area contributed by atoms with Gasteiger partial charge >= 0.3 is 0 Å². The summed E-state index contributed by atoms with van der Waals surface area (Å²) >= 11 is 6.09.